The predicted octanol–water partition coefficient (Wildman–Crippen LogP) is 4.41. The summed E-state index contributed by atoms with van der Waals surface area (Å²) in [5.74, 6) is 1.56. The van der Waals surface area contributed by atoms with Crippen LogP contribution < -0.4 is 10.2 Å². The lowest BCUT2D eigenvalue weighted by Gasteiger charge is -2.36. The largest absolute Gasteiger partial charge is 0.472 e. The molecule has 3 aromatic heterocycles. The Bertz CT molecular complexity index is 1200. The summed E-state index contributed by atoms with van der Waals surface area (Å²) in [6, 6.07) is 14.3. The Hall–Kier alpha value is -3.39. The zero-order valence-electron chi connectivity index (χ0n) is 18.0. The van der Waals surface area contributed by atoms with Crippen LogP contribution in [0.25, 0.3) is 21.6 Å². The number of rotatable bonds is 6. The van der Waals surface area contributed by atoms with Crippen molar-refractivity contribution in [1.82, 2.24) is 14.9 Å². The van der Waals surface area contributed by atoms with E-state index in [1.54, 1.807) is 23.9 Å². The molecule has 1 aliphatic heterocycles. The number of thiophene rings is 1. The van der Waals surface area contributed by atoms with Gasteiger partial charge in [-0.3, -0.25) is 4.79 Å². The average molecular weight is 448 g/mol. The Morgan fingerprint density at radius 3 is 2.69 bits per heavy atom. The lowest BCUT2D eigenvalue weighted by atomic mass is 10.2. The molecule has 164 valence electrons. The highest BCUT2D eigenvalue weighted by Gasteiger charge is 2.21. The Labute approximate surface area is 190 Å². The number of anilines is 2. The van der Waals surface area contributed by atoms with Gasteiger partial charge < -0.3 is 19.5 Å². The predicted molar refractivity (Wildman–Crippen MR) is 128 cm³/mol. The standard InChI is InChI=1S/C24H25N5O2S/c1-17-15-20-23(26-22(27-24(20)32-17)18-8-14-31-16-18)25-9-7-21(30)29-12-10-28(11-13-29)19-5-3-2-4-6-19/h2-6,8,14-16H,7,9-13H2,1H3,(H,25,26,27). The zero-order chi connectivity index (χ0) is 21.9. The fraction of sp³-hybridized carbons (Fsp3) is 0.292. The Balaban J connectivity index is 1.21. The van der Waals surface area contributed by atoms with Gasteiger partial charge in [-0.15, -0.1) is 11.3 Å². The van der Waals surface area contributed by atoms with Crippen molar-refractivity contribution in [3.05, 3.63) is 59.9 Å². The minimum atomic E-state index is 0.173. The first-order valence-electron chi connectivity index (χ1n) is 10.8. The first-order valence-corrected chi connectivity index (χ1v) is 11.6. The first kappa shape index (κ1) is 20.5. The molecule has 1 aromatic carbocycles. The second-order valence-corrected chi connectivity index (χ2v) is 9.10. The maximum absolute atomic E-state index is 12.8. The molecule has 1 N–H and O–H groups in total. The van der Waals surface area contributed by atoms with Gasteiger partial charge in [0.25, 0.3) is 0 Å². The van der Waals surface area contributed by atoms with Crippen molar-refractivity contribution in [3.63, 3.8) is 0 Å². The van der Waals surface area contributed by atoms with E-state index in [9.17, 15) is 4.79 Å². The van der Waals surface area contributed by atoms with Crippen molar-refractivity contribution in [2.24, 2.45) is 0 Å². The molecule has 0 bridgehead atoms. The number of hydrogen-bond acceptors (Lipinski definition) is 7. The molecule has 4 aromatic rings. The van der Waals surface area contributed by atoms with E-state index in [0.29, 0.717) is 18.8 Å². The summed E-state index contributed by atoms with van der Waals surface area (Å²) in [6.07, 6.45) is 3.69. The molecule has 1 amide bonds. The number of benzene rings is 1. The van der Waals surface area contributed by atoms with E-state index in [1.807, 2.05) is 17.0 Å². The molecular formula is C24H25N5O2S. The van der Waals surface area contributed by atoms with E-state index in [1.165, 1.54) is 10.6 Å². The van der Waals surface area contributed by atoms with Gasteiger partial charge >= 0.3 is 0 Å². The van der Waals surface area contributed by atoms with E-state index in [0.717, 1.165) is 47.8 Å². The topological polar surface area (TPSA) is 74.5 Å². The third-order valence-corrected chi connectivity index (χ3v) is 6.62. The SMILES string of the molecule is Cc1cc2c(NCCC(=O)N3CCN(c4ccccc4)CC3)nc(-c3ccoc3)nc2s1. The second-order valence-electron chi connectivity index (χ2n) is 7.86. The van der Waals surface area contributed by atoms with Gasteiger partial charge in [0, 0.05) is 49.7 Å². The van der Waals surface area contributed by atoms with Crippen LogP contribution >= 0.6 is 11.3 Å². The average Bonchev–Trinajstić information content (AvgIpc) is 3.49. The van der Waals surface area contributed by atoms with Crippen LogP contribution in [0.2, 0.25) is 0 Å². The highest BCUT2D eigenvalue weighted by molar-refractivity contribution is 7.18. The van der Waals surface area contributed by atoms with Gasteiger partial charge in [0.1, 0.15) is 16.9 Å². The van der Waals surface area contributed by atoms with Crippen molar-refractivity contribution in [2.75, 3.05) is 42.9 Å². The van der Waals surface area contributed by atoms with Crippen LogP contribution in [0.1, 0.15) is 11.3 Å². The summed E-state index contributed by atoms with van der Waals surface area (Å²) in [5, 5.41) is 4.36. The van der Waals surface area contributed by atoms with Gasteiger partial charge in [0.05, 0.1) is 17.2 Å². The van der Waals surface area contributed by atoms with Crippen LogP contribution in [-0.2, 0) is 4.79 Å². The van der Waals surface area contributed by atoms with Gasteiger partial charge in [-0.2, -0.15) is 0 Å². The van der Waals surface area contributed by atoms with Crippen LogP contribution in [0.4, 0.5) is 11.5 Å². The summed E-state index contributed by atoms with van der Waals surface area (Å²) >= 11 is 1.64. The fourth-order valence-corrected chi connectivity index (χ4v) is 4.88. The van der Waals surface area contributed by atoms with Gasteiger partial charge in [-0.05, 0) is 31.2 Å². The number of nitrogens with zero attached hydrogens (tertiary/aromatic N) is 4. The van der Waals surface area contributed by atoms with Crippen LogP contribution in [0.3, 0.4) is 0 Å². The van der Waals surface area contributed by atoms with Crippen LogP contribution in [0, 0.1) is 6.92 Å². The van der Waals surface area contributed by atoms with E-state index >= 15 is 0 Å². The van der Waals surface area contributed by atoms with E-state index in [4.69, 9.17) is 9.40 Å². The third-order valence-electron chi connectivity index (χ3n) is 5.68. The maximum Gasteiger partial charge on any atom is 0.224 e. The van der Waals surface area contributed by atoms with Crippen molar-refractivity contribution >= 4 is 39.0 Å². The van der Waals surface area contributed by atoms with Crippen LogP contribution in [-0.4, -0.2) is 53.5 Å². The molecule has 7 nitrogen and oxygen atoms in total. The Morgan fingerprint density at radius 2 is 1.94 bits per heavy atom. The summed E-state index contributed by atoms with van der Waals surface area (Å²) in [6.45, 7) is 5.81. The zero-order valence-corrected chi connectivity index (χ0v) is 18.8. The molecule has 1 saturated heterocycles. The second kappa shape index (κ2) is 9.00. The smallest absolute Gasteiger partial charge is 0.224 e. The molecule has 8 heteroatoms. The molecule has 1 aliphatic rings. The number of carbonyl (C=O) groups is 1. The maximum atomic E-state index is 12.8. The number of furan rings is 1. The molecule has 0 spiro atoms. The Morgan fingerprint density at radius 1 is 1.12 bits per heavy atom. The van der Waals surface area contributed by atoms with Crippen molar-refractivity contribution in [2.45, 2.75) is 13.3 Å². The number of para-hydroxylation sites is 1. The lowest BCUT2D eigenvalue weighted by Crippen LogP contribution is -2.49. The number of hydrogen-bond donors (Lipinski definition) is 1. The number of fused-ring (bicyclic) bond motifs is 1. The number of aryl methyl sites for hydroxylation is 1. The molecule has 0 aliphatic carbocycles. The minimum absolute atomic E-state index is 0.173. The summed E-state index contributed by atoms with van der Waals surface area (Å²) in [5.41, 5.74) is 2.06. The number of piperazine rings is 1. The summed E-state index contributed by atoms with van der Waals surface area (Å²) in [4.78, 5) is 28.6. The van der Waals surface area contributed by atoms with Gasteiger partial charge in [-0.25, -0.2) is 9.97 Å². The molecule has 4 heterocycles. The highest BCUT2D eigenvalue weighted by Crippen LogP contribution is 2.31. The summed E-state index contributed by atoms with van der Waals surface area (Å²) in [7, 11) is 0. The summed E-state index contributed by atoms with van der Waals surface area (Å²) < 4.78 is 5.19. The van der Waals surface area contributed by atoms with E-state index in [2.05, 4.69) is 52.5 Å². The monoisotopic (exact) mass is 447 g/mol. The van der Waals surface area contributed by atoms with Crippen LogP contribution in [0.15, 0.2) is 59.4 Å². The number of carbonyl (C=O) groups excluding carboxylic acids is 1. The van der Waals surface area contributed by atoms with E-state index < -0.39 is 0 Å². The molecule has 0 saturated carbocycles. The first-order chi connectivity index (χ1) is 15.7. The van der Waals surface area contributed by atoms with Crippen molar-refractivity contribution in [1.29, 1.82) is 0 Å². The normalized spacial score (nSPS) is 14.2. The lowest BCUT2D eigenvalue weighted by molar-refractivity contribution is -0.131. The molecule has 0 atom stereocenters. The van der Waals surface area contributed by atoms with Gasteiger partial charge in [-0.1, -0.05) is 18.2 Å². The number of amides is 1. The Kier molecular flexibility index (Phi) is 5.77. The van der Waals surface area contributed by atoms with Gasteiger partial charge in [0.15, 0.2) is 5.82 Å². The molecular weight excluding hydrogens is 422 g/mol. The number of aromatic nitrogens is 2. The van der Waals surface area contributed by atoms with Gasteiger partial charge in [0.2, 0.25) is 5.91 Å². The fourth-order valence-electron chi connectivity index (χ4n) is 4.00. The highest BCUT2D eigenvalue weighted by atomic mass is 32.1. The molecule has 32 heavy (non-hydrogen) atoms. The van der Waals surface area contributed by atoms with Crippen molar-refractivity contribution < 1.29 is 9.21 Å². The molecule has 0 unspecified atom stereocenters. The molecule has 5 rings (SSSR count). The number of nitrogens with one attached hydrogen (secondary N) is 1. The van der Waals surface area contributed by atoms with Crippen molar-refractivity contribution in [3.8, 4) is 11.4 Å². The molecule has 1 fully saturated rings. The van der Waals surface area contributed by atoms with Crippen LogP contribution in [0.5, 0.6) is 0 Å². The quantitative estimate of drug-likeness (QED) is 0.472. The molecule has 0 radical (unpaired) electrons. The minimum Gasteiger partial charge on any atom is -0.472 e. The third kappa shape index (κ3) is 4.31. The van der Waals surface area contributed by atoms with E-state index in [-0.39, 0.29) is 5.91 Å².